The van der Waals surface area contributed by atoms with E-state index >= 15 is 0 Å². The van der Waals surface area contributed by atoms with Crippen molar-refractivity contribution in [3.63, 3.8) is 0 Å². The van der Waals surface area contributed by atoms with Crippen LogP contribution in [0, 0.1) is 6.92 Å². The van der Waals surface area contributed by atoms with Crippen LogP contribution in [0.3, 0.4) is 0 Å². The first kappa shape index (κ1) is 11.5. The molecule has 6 heteroatoms. The van der Waals surface area contributed by atoms with Crippen LogP contribution >= 0.6 is 22.3 Å². The van der Waals surface area contributed by atoms with Crippen molar-refractivity contribution in [3.05, 3.63) is 29.3 Å². The van der Waals surface area contributed by atoms with Crippen molar-refractivity contribution in [2.75, 3.05) is 0 Å². The quantitative estimate of drug-likeness (QED) is 0.760. The molecule has 0 N–H and O–H groups in total. The fraction of sp³-hybridized carbons (Fsp3) is 0.125. The van der Waals surface area contributed by atoms with Crippen LogP contribution in [-0.4, -0.2) is 13.7 Å². The van der Waals surface area contributed by atoms with E-state index in [1.165, 1.54) is 12.1 Å². The highest BCUT2D eigenvalue weighted by Crippen LogP contribution is 2.22. The Morgan fingerprint density at radius 3 is 2.36 bits per heavy atom. The van der Waals surface area contributed by atoms with E-state index in [9.17, 15) is 13.2 Å². The van der Waals surface area contributed by atoms with Gasteiger partial charge in [0.15, 0.2) is 0 Å². The Labute approximate surface area is 91.1 Å². The van der Waals surface area contributed by atoms with E-state index in [0.717, 1.165) is 0 Å². The molecule has 0 unspecified atom stereocenters. The van der Waals surface area contributed by atoms with Gasteiger partial charge in [-0.3, -0.25) is 4.79 Å². The van der Waals surface area contributed by atoms with Gasteiger partial charge in [0, 0.05) is 10.7 Å². The maximum absolute atomic E-state index is 11.1. The number of carbonyl (C=O) groups excluding carboxylic acids is 1. The first-order valence-electron chi connectivity index (χ1n) is 3.57. The van der Waals surface area contributed by atoms with Crippen LogP contribution in [0.1, 0.15) is 15.9 Å². The summed E-state index contributed by atoms with van der Waals surface area (Å²) in [5.74, 6) is 0. The van der Waals surface area contributed by atoms with Gasteiger partial charge >= 0.3 is 0 Å². The molecule has 0 heterocycles. The summed E-state index contributed by atoms with van der Waals surface area (Å²) in [6.45, 7) is 1.69. The van der Waals surface area contributed by atoms with Gasteiger partial charge in [0.2, 0.25) is 0 Å². The lowest BCUT2D eigenvalue weighted by Gasteiger charge is -2.02. The van der Waals surface area contributed by atoms with Crippen molar-refractivity contribution >= 4 is 36.6 Å². The number of aryl methyl sites for hydroxylation is 1. The fourth-order valence-electron chi connectivity index (χ4n) is 0.994. The van der Waals surface area contributed by atoms with Crippen LogP contribution in [0.2, 0.25) is 0 Å². The number of carbonyl (C=O) groups is 1. The summed E-state index contributed by atoms with van der Waals surface area (Å²) >= 11 is 5.20. The molecular formula is C8H6Cl2O3S. The monoisotopic (exact) mass is 252 g/mol. The Kier molecular flexibility index (Phi) is 3.19. The zero-order valence-electron chi connectivity index (χ0n) is 7.12. The van der Waals surface area contributed by atoms with Crippen molar-refractivity contribution in [1.29, 1.82) is 0 Å². The second-order valence-electron chi connectivity index (χ2n) is 2.71. The summed E-state index contributed by atoms with van der Waals surface area (Å²) < 4.78 is 22.1. The summed E-state index contributed by atoms with van der Waals surface area (Å²) in [5, 5.41) is -0.843. The minimum atomic E-state index is -3.93. The van der Waals surface area contributed by atoms with E-state index in [-0.39, 0.29) is 10.5 Å². The number of halogens is 2. The van der Waals surface area contributed by atoms with Crippen molar-refractivity contribution in [2.24, 2.45) is 0 Å². The molecular weight excluding hydrogens is 247 g/mol. The third-order valence-electron chi connectivity index (χ3n) is 1.61. The highest BCUT2D eigenvalue weighted by atomic mass is 35.7. The zero-order valence-corrected chi connectivity index (χ0v) is 9.45. The highest BCUT2D eigenvalue weighted by Gasteiger charge is 2.19. The van der Waals surface area contributed by atoms with Crippen LogP contribution in [0.5, 0.6) is 0 Å². The number of benzene rings is 1. The smallest absolute Gasteiger partial charge is 0.262 e. The molecule has 0 saturated carbocycles. The third-order valence-corrected chi connectivity index (χ3v) is 3.18. The lowest BCUT2D eigenvalue weighted by Crippen LogP contribution is -2.01. The van der Waals surface area contributed by atoms with E-state index < -0.39 is 14.3 Å². The average Bonchev–Trinajstić information content (AvgIpc) is 2.01. The maximum Gasteiger partial charge on any atom is 0.262 e. The highest BCUT2D eigenvalue weighted by molar-refractivity contribution is 8.13. The van der Waals surface area contributed by atoms with Gasteiger partial charge in [-0.05, 0) is 36.2 Å². The molecule has 0 bridgehead atoms. The lowest BCUT2D eigenvalue weighted by molar-refractivity contribution is 0.107. The van der Waals surface area contributed by atoms with E-state index in [1.54, 1.807) is 13.0 Å². The Morgan fingerprint density at radius 2 is 1.93 bits per heavy atom. The molecule has 0 fully saturated rings. The first-order valence-corrected chi connectivity index (χ1v) is 6.26. The Balaban J connectivity index is 3.54. The Hall–Kier alpha value is -0.580. The summed E-state index contributed by atoms with van der Waals surface area (Å²) in [5.41, 5.74) is 0.582. The molecule has 0 aromatic heterocycles. The van der Waals surface area contributed by atoms with E-state index in [1.807, 2.05) is 0 Å². The second-order valence-corrected chi connectivity index (χ2v) is 5.59. The molecule has 1 aromatic carbocycles. The molecule has 14 heavy (non-hydrogen) atoms. The van der Waals surface area contributed by atoms with E-state index in [0.29, 0.717) is 5.56 Å². The van der Waals surface area contributed by atoms with Crippen molar-refractivity contribution < 1.29 is 13.2 Å². The zero-order chi connectivity index (χ0) is 10.9. The first-order chi connectivity index (χ1) is 6.32. The molecule has 0 amide bonds. The number of hydrogen-bond donors (Lipinski definition) is 0. The van der Waals surface area contributed by atoms with Crippen LogP contribution in [0.25, 0.3) is 0 Å². The van der Waals surface area contributed by atoms with Gasteiger partial charge < -0.3 is 0 Å². The lowest BCUT2D eigenvalue weighted by atomic mass is 10.2. The van der Waals surface area contributed by atoms with Gasteiger partial charge in [-0.2, -0.15) is 0 Å². The summed E-state index contributed by atoms with van der Waals surface area (Å²) in [4.78, 5) is 10.6. The average molecular weight is 253 g/mol. The number of hydrogen-bond acceptors (Lipinski definition) is 3. The van der Waals surface area contributed by atoms with Gasteiger partial charge in [-0.15, -0.1) is 0 Å². The summed E-state index contributed by atoms with van der Waals surface area (Å²) in [6, 6.07) is 4.22. The summed E-state index contributed by atoms with van der Waals surface area (Å²) in [7, 11) is 1.21. The largest absolute Gasteiger partial charge is 0.276 e. The summed E-state index contributed by atoms with van der Waals surface area (Å²) in [6.07, 6.45) is 0. The number of rotatable bonds is 2. The Morgan fingerprint density at radius 1 is 1.36 bits per heavy atom. The van der Waals surface area contributed by atoms with Crippen molar-refractivity contribution in [3.8, 4) is 0 Å². The van der Waals surface area contributed by atoms with Crippen LogP contribution < -0.4 is 0 Å². The third kappa shape index (κ3) is 2.47. The minimum absolute atomic E-state index is 0.104. The van der Waals surface area contributed by atoms with Crippen LogP contribution in [0.4, 0.5) is 0 Å². The van der Waals surface area contributed by atoms with Gasteiger partial charge in [0.25, 0.3) is 14.3 Å². The molecule has 0 aliphatic heterocycles. The van der Waals surface area contributed by atoms with Crippen molar-refractivity contribution in [1.82, 2.24) is 0 Å². The van der Waals surface area contributed by atoms with Crippen LogP contribution in [-0.2, 0) is 9.05 Å². The SMILES string of the molecule is Cc1ccc(C(=O)Cl)c(S(=O)(=O)Cl)c1. The molecule has 0 aliphatic rings. The molecule has 3 nitrogen and oxygen atoms in total. The predicted octanol–water partition coefficient (Wildman–Crippen LogP) is 2.30. The standard InChI is InChI=1S/C8H6Cl2O3S/c1-5-2-3-6(8(9)11)7(4-5)14(10,12)13/h2-4H,1H3. The van der Waals surface area contributed by atoms with E-state index in [4.69, 9.17) is 22.3 Å². The normalized spacial score (nSPS) is 11.4. The fourth-order valence-corrected chi connectivity index (χ4v) is 2.35. The minimum Gasteiger partial charge on any atom is -0.276 e. The molecule has 0 spiro atoms. The van der Waals surface area contributed by atoms with Gasteiger partial charge in [-0.25, -0.2) is 8.42 Å². The second kappa shape index (κ2) is 3.88. The van der Waals surface area contributed by atoms with E-state index in [2.05, 4.69) is 0 Å². The van der Waals surface area contributed by atoms with Crippen LogP contribution in [0.15, 0.2) is 23.1 Å². The molecule has 76 valence electrons. The van der Waals surface area contributed by atoms with Gasteiger partial charge in [-0.1, -0.05) is 6.07 Å². The predicted molar refractivity (Wildman–Crippen MR) is 54.4 cm³/mol. The molecule has 0 saturated heterocycles. The molecule has 0 aliphatic carbocycles. The molecule has 1 aromatic rings. The topological polar surface area (TPSA) is 51.2 Å². The molecule has 1 rings (SSSR count). The molecule has 0 atom stereocenters. The Bertz CT molecular complexity index is 479. The maximum atomic E-state index is 11.1. The van der Waals surface area contributed by atoms with Gasteiger partial charge in [0.05, 0.1) is 10.5 Å². The van der Waals surface area contributed by atoms with Gasteiger partial charge in [0.1, 0.15) is 0 Å². The molecule has 0 radical (unpaired) electrons. The van der Waals surface area contributed by atoms with Crippen molar-refractivity contribution in [2.45, 2.75) is 11.8 Å².